The number of methoxy groups -OCH3 is 1. The fourth-order valence-electron chi connectivity index (χ4n) is 2.64. The number of amides is 1. The van der Waals surface area contributed by atoms with E-state index in [2.05, 4.69) is 31.2 Å². The fourth-order valence-corrected chi connectivity index (χ4v) is 3.16. The van der Waals surface area contributed by atoms with Gasteiger partial charge in [-0.15, -0.1) is 0 Å². The number of rotatable bonds is 5. The van der Waals surface area contributed by atoms with Gasteiger partial charge in [0.05, 0.1) is 7.11 Å². The molecule has 3 aromatic rings. The summed E-state index contributed by atoms with van der Waals surface area (Å²) >= 11 is 9.33. The molecule has 3 rings (SSSR count). The summed E-state index contributed by atoms with van der Waals surface area (Å²) in [6.07, 6.45) is 3.52. The van der Waals surface area contributed by atoms with Crippen LogP contribution in [0.2, 0.25) is 5.02 Å². The molecule has 0 saturated carbocycles. The Morgan fingerprint density at radius 1 is 1.35 bits per heavy atom. The van der Waals surface area contributed by atoms with Gasteiger partial charge in [-0.25, -0.2) is 4.79 Å². The summed E-state index contributed by atoms with van der Waals surface area (Å²) in [5.74, 6) is -1.03. The van der Waals surface area contributed by atoms with Crippen molar-refractivity contribution >= 4 is 50.3 Å². The first kappa shape index (κ1) is 18.4. The van der Waals surface area contributed by atoms with Crippen LogP contribution in [-0.2, 0) is 16.0 Å². The number of aromatic nitrogens is 2. The average Bonchev–Trinajstić information content (AvgIpc) is 3.02. The van der Waals surface area contributed by atoms with Crippen LogP contribution in [0.1, 0.15) is 16.1 Å². The summed E-state index contributed by atoms with van der Waals surface area (Å²) < 4.78 is 5.76. The van der Waals surface area contributed by atoms with Crippen LogP contribution in [0.3, 0.4) is 0 Å². The molecule has 0 saturated heterocycles. The smallest absolute Gasteiger partial charge is 0.328 e. The predicted octanol–water partition coefficient (Wildman–Crippen LogP) is 3.49. The van der Waals surface area contributed by atoms with E-state index in [9.17, 15) is 9.59 Å². The quantitative estimate of drug-likeness (QED) is 0.600. The van der Waals surface area contributed by atoms with Crippen molar-refractivity contribution in [2.75, 3.05) is 7.11 Å². The van der Waals surface area contributed by atoms with E-state index < -0.39 is 17.9 Å². The molecule has 0 aliphatic heterocycles. The van der Waals surface area contributed by atoms with Gasteiger partial charge in [-0.2, -0.15) is 0 Å². The number of hydrogen-bond donors (Lipinski definition) is 2. The Hall–Kier alpha value is -2.38. The minimum absolute atomic E-state index is 0.132. The van der Waals surface area contributed by atoms with Crippen molar-refractivity contribution in [1.29, 1.82) is 0 Å². The van der Waals surface area contributed by atoms with Gasteiger partial charge in [-0.3, -0.25) is 9.78 Å². The van der Waals surface area contributed by atoms with Crippen LogP contribution >= 0.6 is 27.5 Å². The lowest BCUT2D eigenvalue weighted by atomic mass is 10.0. The van der Waals surface area contributed by atoms with E-state index in [0.29, 0.717) is 5.02 Å². The average molecular weight is 437 g/mol. The van der Waals surface area contributed by atoms with Crippen LogP contribution in [0.5, 0.6) is 0 Å². The number of hydrogen-bond acceptors (Lipinski definition) is 4. The highest BCUT2D eigenvalue weighted by Gasteiger charge is 2.24. The minimum atomic E-state index is -0.855. The zero-order valence-electron chi connectivity index (χ0n) is 13.8. The SMILES string of the molecule is COC(=O)[C@H](Cc1c[nH]c2ccc(Br)cc12)NC(=O)c1cc(Cl)ccn1. The highest BCUT2D eigenvalue weighted by Crippen LogP contribution is 2.24. The Bertz CT molecular complexity index is 973. The summed E-state index contributed by atoms with van der Waals surface area (Å²) in [6.45, 7) is 0. The normalized spacial score (nSPS) is 12.0. The van der Waals surface area contributed by atoms with E-state index in [0.717, 1.165) is 20.9 Å². The number of carbonyl (C=O) groups is 2. The zero-order chi connectivity index (χ0) is 18.7. The molecule has 26 heavy (non-hydrogen) atoms. The van der Waals surface area contributed by atoms with Gasteiger partial charge < -0.3 is 15.0 Å². The molecule has 2 N–H and O–H groups in total. The fraction of sp³-hybridized carbons (Fsp3) is 0.167. The Morgan fingerprint density at radius 3 is 2.88 bits per heavy atom. The van der Waals surface area contributed by atoms with Gasteiger partial charge in [0.1, 0.15) is 11.7 Å². The minimum Gasteiger partial charge on any atom is -0.467 e. The van der Waals surface area contributed by atoms with Gasteiger partial charge in [0.25, 0.3) is 5.91 Å². The maximum Gasteiger partial charge on any atom is 0.328 e. The lowest BCUT2D eigenvalue weighted by molar-refractivity contribution is -0.142. The summed E-state index contributed by atoms with van der Waals surface area (Å²) in [4.78, 5) is 31.7. The van der Waals surface area contributed by atoms with Gasteiger partial charge >= 0.3 is 5.97 Å². The topological polar surface area (TPSA) is 84.1 Å². The molecule has 0 aliphatic rings. The number of benzene rings is 1. The molecule has 0 aliphatic carbocycles. The monoisotopic (exact) mass is 435 g/mol. The molecule has 1 aromatic carbocycles. The highest BCUT2D eigenvalue weighted by atomic mass is 79.9. The lowest BCUT2D eigenvalue weighted by Gasteiger charge is -2.16. The van der Waals surface area contributed by atoms with Crippen LogP contribution in [-0.4, -0.2) is 35.0 Å². The van der Waals surface area contributed by atoms with E-state index in [1.807, 2.05) is 24.4 Å². The van der Waals surface area contributed by atoms with Crippen molar-refractivity contribution in [1.82, 2.24) is 15.3 Å². The van der Waals surface area contributed by atoms with Gasteiger partial charge in [-0.05, 0) is 35.9 Å². The summed E-state index contributed by atoms with van der Waals surface area (Å²) in [5.41, 5.74) is 1.96. The lowest BCUT2D eigenvalue weighted by Crippen LogP contribution is -2.43. The zero-order valence-corrected chi connectivity index (χ0v) is 16.1. The van der Waals surface area contributed by atoms with Crippen molar-refractivity contribution in [3.05, 3.63) is 63.5 Å². The molecule has 134 valence electrons. The highest BCUT2D eigenvalue weighted by molar-refractivity contribution is 9.10. The van der Waals surface area contributed by atoms with Gasteiger partial charge in [-0.1, -0.05) is 27.5 Å². The van der Waals surface area contributed by atoms with Gasteiger partial charge in [0, 0.05) is 39.2 Å². The van der Waals surface area contributed by atoms with Crippen molar-refractivity contribution in [2.24, 2.45) is 0 Å². The van der Waals surface area contributed by atoms with E-state index in [1.54, 1.807) is 6.07 Å². The molecule has 0 unspecified atom stereocenters. The maximum absolute atomic E-state index is 12.4. The molecule has 6 nitrogen and oxygen atoms in total. The van der Waals surface area contributed by atoms with E-state index >= 15 is 0 Å². The van der Waals surface area contributed by atoms with Gasteiger partial charge in [0.2, 0.25) is 0 Å². The van der Waals surface area contributed by atoms with E-state index in [1.165, 1.54) is 19.4 Å². The largest absolute Gasteiger partial charge is 0.467 e. The number of carbonyl (C=O) groups excluding carboxylic acids is 2. The first-order valence-electron chi connectivity index (χ1n) is 7.73. The number of nitrogens with one attached hydrogen (secondary N) is 2. The molecule has 0 radical (unpaired) electrons. The van der Waals surface area contributed by atoms with Crippen LogP contribution < -0.4 is 5.32 Å². The van der Waals surface area contributed by atoms with E-state index in [-0.39, 0.29) is 12.1 Å². The number of fused-ring (bicyclic) bond motifs is 1. The number of ether oxygens (including phenoxy) is 1. The molecular formula is C18H15BrClN3O3. The van der Waals surface area contributed by atoms with Crippen molar-refractivity contribution in [3.63, 3.8) is 0 Å². The molecular weight excluding hydrogens is 422 g/mol. The second-order valence-corrected chi connectivity index (χ2v) is 6.97. The molecule has 1 atom stereocenters. The third-order valence-electron chi connectivity index (χ3n) is 3.90. The number of H-pyrrole nitrogens is 1. The molecule has 1 amide bonds. The van der Waals surface area contributed by atoms with Crippen LogP contribution in [0.15, 0.2) is 47.2 Å². The number of nitrogens with zero attached hydrogens (tertiary/aromatic N) is 1. The van der Waals surface area contributed by atoms with Crippen LogP contribution in [0.4, 0.5) is 0 Å². The molecule has 8 heteroatoms. The van der Waals surface area contributed by atoms with Crippen LogP contribution in [0.25, 0.3) is 10.9 Å². The summed E-state index contributed by atoms with van der Waals surface area (Å²) in [5, 5.41) is 4.02. The second-order valence-electron chi connectivity index (χ2n) is 5.62. The van der Waals surface area contributed by atoms with E-state index in [4.69, 9.17) is 16.3 Å². The molecule has 2 aromatic heterocycles. The third kappa shape index (κ3) is 4.05. The Morgan fingerprint density at radius 2 is 2.15 bits per heavy atom. The molecule has 2 heterocycles. The Balaban J connectivity index is 1.85. The molecule has 0 spiro atoms. The standard InChI is InChI=1S/C18H15BrClN3O3/c1-26-18(25)16(23-17(24)15-8-12(20)4-5-21-15)6-10-9-22-14-3-2-11(19)7-13(10)14/h2-5,7-9,16,22H,6H2,1H3,(H,23,24)/t16-/m0/s1. The van der Waals surface area contributed by atoms with Crippen LogP contribution in [0, 0.1) is 0 Å². The number of aromatic amines is 1. The predicted molar refractivity (Wildman–Crippen MR) is 102 cm³/mol. The molecule has 0 bridgehead atoms. The van der Waals surface area contributed by atoms with Crippen molar-refractivity contribution in [3.8, 4) is 0 Å². The first-order valence-corrected chi connectivity index (χ1v) is 8.91. The number of pyridine rings is 1. The summed E-state index contributed by atoms with van der Waals surface area (Å²) in [7, 11) is 1.28. The van der Waals surface area contributed by atoms with Crippen molar-refractivity contribution in [2.45, 2.75) is 12.5 Å². The van der Waals surface area contributed by atoms with Gasteiger partial charge in [0.15, 0.2) is 0 Å². The first-order chi connectivity index (χ1) is 12.5. The number of halogens is 2. The second kappa shape index (κ2) is 7.88. The molecule has 0 fully saturated rings. The van der Waals surface area contributed by atoms with Crippen molar-refractivity contribution < 1.29 is 14.3 Å². The third-order valence-corrected chi connectivity index (χ3v) is 4.63. The Kier molecular flexibility index (Phi) is 5.58. The number of esters is 1. The Labute approximate surface area is 163 Å². The summed E-state index contributed by atoms with van der Waals surface area (Å²) in [6, 6.07) is 7.97. The maximum atomic E-state index is 12.4.